The van der Waals surface area contributed by atoms with E-state index in [0.717, 1.165) is 20.9 Å². The molecule has 5 heteroatoms. The molecule has 0 aliphatic heterocycles. The molecule has 0 fully saturated rings. The number of hydrogen-bond acceptors (Lipinski definition) is 3. The molecule has 0 radical (unpaired) electrons. The fraction of sp³-hybridized carbons (Fsp3) is 0.0667. The van der Waals surface area contributed by atoms with Gasteiger partial charge in [0.2, 0.25) is 0 Å². The Hall–Kier alpha value is -2.14. The van der Waals surface area contributed by atoms with Crippen LogP contribution in [0.3, 0.4) is 0 Å². The van der Waals surface area contributed by atoms with Crippen LogP contribution in [0.1, 0.15) is 15.9 Å². The number of nitrogens with zero attached hydrogens (tertiary/aromatic N) is 2. The summed E-state index contributed by atoms with van der Waals surface area (Å²) in [6, 6.07) is 12.7. The molecular weight excluding hydrogens is 320 g/mol. The zero-order valence-corrected chi connectivity index (χ0v) is 12.3. The van der Waals surface area contributed by atoms with Crippen LogP contribution in [0.5, 0.6) is 0 Å². The van der Waals surface area contributed by atoms with Crippen LogP contribution < -0.4 is 4.84 Å². The van der Waals surface area contributed by atoms with Crippen molar-refractivity contribution in [2.75, 3.05) is 0 Å². The molecule has 0 saturated heterocycles. The number of aryl methyl sites for hydroxylation is 1. The van der Waals surface area contributed by atoms with Crippen molar-refractivity contribution in [2.24, 2.45) is 0 Å². The van der Waals surface area contributed by atoms with Gasteiger partial charge in [-0.2, -0.15) is 0 Å². The van der Waals surface area contributed by atoms with E-state index < -0.39 is 5.97 Å². The van der Waals surface area contributed by atoms with Crippen molar-refractivity contribution < 1.29 is 9.63 Å². The minimum atomic E-state index is -0.432. The van der Waals surface area contributed by atoms with Gasteiger partial charge in [0.15, 0.2) is 0 Å². The van der Waals surface area contributed by atoms with Crippen LogP contribution in [-0.4, -0.2) is 15.9 Å². The summed E-state index contributed by atoms with van der Waals surface area (Å²) in [5, 5.41) is 5.03. The molecule has 4 nitrogen and oxygen atoms in total. The van der Waals surface area contributed by atoms with Crippen LogP contribution in [-0.2, 0) is 0 Å². The lowest BCUT2D eigenvalue weighted by Gasteiger charge is -2.06. The maximum atomic E-state index is 12.0. The van der Waals surface area contributed by atoms with Gasteiger partial charge in [-0.3, -0.25) is 0 Å². The summed E-state index contributed by atoms with van der Waals surface area (Å²) in [4.78, 5) is 18.6. The van der Waals surface area contributed by atoms with Crippen molar-refractivity contribution in [1.29, 1.82) is 0 Å². The molecule has 0 amide bonds. The van der Waals surface area contributed by atoms with Gasteiger partial charge in [0, 0.05) is 9.86 Å². The lowest BCUT2D eigenvalue weighted by molar-refractivity contribution is 0.0419. The molecule has 1 aromatic heterocycles. The summed E-state index contributed by atoms with van der Waals surface area (Å²) in [6.07, 6.45) is 1.67. The van der Waals surface area contributed by atoms with Crippen LogP contribution in [0.15, 0.2) is 53.1 Å². The first kappa shape index (κ1) is 12.9. The van der Waals surface area contributed by atoms with Gasteiger partial charge in [0.05, 0.1) is 11.8 Å². The number of carbonyl (C=O) groups excluding carboxylic acids is 1. The van der Waals surface area contributed by atoms with E-state index in [-0.39, 0.29) is 0 Å². The van der Waals surface area contributed by atoms with E-state index in [1.54, 1.807) is 30.5 Å². The quantitative estimate of drug-likeness (QED) is 0.723. The summed E-state index contributed by atoms with van der Waals surface area (Å²) in [7, 11) is 0. The largest absolute Gasteiger partial charge is 0.365 e. The third-order valence-electron chi connectivity index (χ3n) is 2.97. The van der Waals surface area contributed by atoms with E-state index in [0.29, 0.717) is 5.56 Å². The third-order valence-corrected chi connectivity index (χ3v) is 3.42. The molecule has 0 bridgehead atoms. The highest BCUT2D eigenvalue weighted by atomic mass is 79.9. The average Bonchev–Trinajstić information content (AvgIpc) is 2.82. The highest BCUT2D eigenvalue weighted by molar-refractivity contribution is 9.10. The zero-order valence-electron chi connectivity index (χ0n) is 10.7. The summed E-state index contributed by atoms with van der Waals surface area (Å²) >= 11 is 3.44. The monoisotopic (exact) mass is 330 g/mol. The van der Waals surface area contributed by atoms with Gasteiger partial charge in [-0.25, -0.2) is 4.79 Å². The minimum Gasteiger partial charge on any atom is -0.313 e. The van der Waals surface area contributed by atoms with Crippen LogP contribution in [0.25, 0.3) is 10.9 Å². The molecule has 100 valence electrons. The lowest BCUT2D eigenvalue weighted by Crippen LogP contribution is -2.21. The number of halogens is 1. The third kappa shape index (κ3) is 2.32. The Morgan fingerprint density at radius 2 is 2.00 bits per heavy atom. The predicted octanol–water partition coefficient (Wildman–Crippen LogP) is 3.38. The summed E-state index contributed by atoms with van der Waals surface area (Å²) in [6.45, 7) is 1.95. The molecular formula is C15H11BrN2O2. The first-order valence-corrected chi connectivity index (χ1v) is 6.86. The van der Waals surface area contributed by atoms with Gasteiger partial charge in [0.1, 0.15) is 5.52 Å². The van der Waals surface area contributed by atoms with Crippen LogP contribution >= 0.6 is 15.9 Å². The molecule has 3 aromatic rings. The van der Waals surface area contributed by atoms with Crippen molar-refractivity contribution in [3.63, 3.8) is 0 Å². The SMILES string of the molecule is Cc1cc(Br)cc2cnn(OC(=O)c3ccccc3)c12. The Kier molecular flexibility index (Phi) is 3.28. The summed E-state index contributed by atoms with van der Waals surface area (Å²) in [5.74, 6) is -0.432. The maximum Gasteiger partial charge on any atom is 0.365 e. The first-order valence-electron chi connectivity index (χ1n) is 6.07. The van der Waals surface area contributed by atoms with Crippen molar-refractivity contribution in [2.45, 2.75) is 6.92 Å². The number of carbonyl (C=O) groups is 1. The summed E-state index contributed by atoms with van der Waals surface area (Å²) < 4.78 is 0.969. The zero-order chi connectivity index (χ0) is 14.1. The molecule has 1 heterocycles. The molecule has 0 aliphatic rings. The van der Waals surface area contributed by atoms with Crippen LogP contribution in [0.2, 0.25) is 0 Å². The molecule has 0 atom stereocenters. The highest BCUT2D eigenvalue weighted by Crippen LogP contribution is 2.23. The first-order chi connectivity index (χ1) is 9.65. The Labute approximate surface area is 124 Å². The van der Waals surface area contributed by atoms with E-state index in [1.807, 2.05) is 25.1 Å². The Bertz CT molecular complexity index is 781. The average molecular weight is 331 g/mol. The molecule has 20 heavy (non-hydrogen) atoms. The van der Waals surface area contributed by atoms with E-state index in [1.165, 1.54) is 4.85 Å². The van der Waals surface area contributed by atoms with Gasteiger partial charge < -0.3 is 4.84 Å². The molecule has 0 unspecified atom stereocenters. The van der Waals surface area contributed by atoms with Crippen LogP contribution in [0.4, 0.5) is 0 Å². The fourth-order valence-corrected chi connectivity index (χ4v) is 2.66. The second-order valence-corrected chi connectivity index (χ2v) is 5.34. The minimum absolute atomic E-state index is 0.432. The maximum absolute atomic E-state index is 12.0. The standard InChI is InChI=1S/C15H11BrN2O2/c1-10-7-13(16)8-12-9-17-18(14(10)12)20-15(19)11-5-3-2-4-6-11/h2-9H,1H3. The summed E-state index contributed by atoms with van der Waals surface area (Å²) in [5.41, 5.74) is 2.26. The van der Waals surface area contributed by atoms with Crippen molar-refractivity contribution in [1.82, 2.24) is 9.94 Å². The van der Waals surface area contributed by atoms with E-state index in [9.17, 15) is 4.79 Å². The van der Waals surface area contributed by atoms with Crippen molar-refractivity contribution >= 4 is 32.8 Å². The van der Waals surface area contributed by atoms with Crippen molar-refractivity contribution in [3.05, 3.63) is 64.3 Å². The second kappa shape index (κ2) is 5.09. The number of benzene rings is 2. The molecule has 3 rings (SSSR count). The normalized spacial score (nSPS) is 10.7. The fourth-order valence-electron chi connectivity index (χ4n) is 2.07. The van der Waals surface area contributed by atoms with E-state index in [4.69, 9.17) is 4.84 Å². The Morgan fingerprint density at radius 1 is 1.25 bits per heavy atom. The van der Waals surface area contributed by atoms with Gasteiger partial charge in [0.25, 0.3) is 0 Å². The van der Waals surface area contributed by atoms with Gasteiger partial charge in [-0.1, -0.05) is 39.0 Å². The lowest BCUT2D eigenvalue weighted by atomic mass is 10.2. The number of hydrogen-bond donors (Lipinski definition) is 0. The number of rotatable bonds is 2. The van der Waals surface area contributed by atoms with Gasteiger partial charge in [-0.15, -0.1) is 5.10 Å². The van der Waals surface area contributed by atoms with E-state index >= 15 is 0 Å². The molecule has 0 N–H and O–H groups in total. The van der Waals surface area contributed by atoms with Gasteiger partial charge >= 0.3 is 5.97 Å². The number of aromatic nitrogens is 2. The number of fused-ring (bicyclic) bond motifs is 1. The van der Waals surface area contributed by atoms with E-state index in [2.05, 4.69) is 21.0 Å². The smallest absolute Gasteiger partial charge is 0.313 e. The van der Waals surface area contributed by atoms with Crippen LogP contribution in [0, 0.1) is 6.92 Å². The second-order valence-electron chi connectivity index (χ2n) is 4.42. The highest BCUT2D eigenvalue weighted by Gasteiger charge is 2.13. The Morgan fingerprint density at radius 3 is 2.75 bits per heavy atom. The van der Waals surface area contributed by atoms with Gasteiger partial charge in [-0.05, 0) is 36.8 Å². The van der Waals surface area contributed by atoms with Crippen molar-refractivity contribution in [3.8, 4) is 0 Å². The Balaban J connectivity index is 1.98. The molecule has 0 spiro atoms. The molecule has 0 aliphatic carbocycles. The molecule has 2 aromatic carbocycles. The topological polar surface area (TPSA) is 44.1 Å². The predicted molar refractivity (Wildman–Crippen MR) is 79.5 cm³/mol. The molecule has 0 saturated carbocycles.